The lowest BCUT2D eigenvalue weighted by Gasteiger charge is -2.32. The van der Waals surface area contributed by atoms with Crippen molar-refractivity contribution in [3.05, 3.63) is 78.0 Å². The molecule has 2 aromatic carbocycles. The van der Waals surface area contributed by atoms with Crippen LogP contribution < -0.4 is 15.0 Å². The molecule has 1 aromatic heterocycles. The Bertz CT molecular complexity index is 1210. The van der Waals surface area contributed by atoms with E-state index in [0.29, 0.717) is 23.1 Å². The Morgan fingerprint density at radius 3 is 2.60 bits per heavy atom. The van der Waals surface area contributed by atoms with Gasteiger partial charge in [-0.1, -0.05) is 18.2 Å². The molecule has 4 rings (SSSR count). The summed E-state index contributed by atoms with van der Waals surface area (Å²) in [5, 5.41) is 2.44. The van der Waals surface area contributed by atoms with Gasteiger partial charge in [0.2, 0.25) is 17.7 Å². The Morgan fingerprint density at radius 2 is 1.83 bits per heavy atom. The highest BCUT2D eigenvalue weighted by Gasteiger charge is 2.30. The molecule has 1 N–H and O–H groups in total. The van der Waals surface area contributed by atoms with Gasteiger partial charge in [-0.25, -0.2) is 4.98 Å². The highest BCUT2D eigenvalue weighted by Crippen LogP contribution is 2.30. The molecule has 0 spiro atoms. The molecule has 3 aromatic rings. The van der Waals surface area contributed by atoms with Gasteiger partial charge < -0.3 is 19.9 Å². The summed E-state index contributed by atoms with van der Waals surface area (Å²) in [5.41, 5.74) is -0.0915. The second-order valence-electron chi connectivity index (χ2n) is 8.06. The van der Waals surface area contributed by atoms with Crippen molar-refractivity contribution >= 4 is 23.6 Å². The first-order valence-electron chi connectivity index (χ1n) is 11.0. The third-order valence-corrected chi connectivity index (χ3v) is 5.37. The Morgan fingerprint density at radius 1 is 1.06 bits per heavy atom. The molecule has 182 valence electrons. The fourth-order valence-electron chi connectivity index (χ4n) is 3.48. The number of carbonyl (C=O) groups is 1. The van der Waals surface area contributed by atoms with E-state index < -0.39 is 17.6 Å². The Kier molecular flexibility index (Phi) is 7.31. The van der Waals surface area contributed by atoms with Crippen LogP contribution in [0.25, 0.3) is 6.08 Å². The molecule has 1 aliphatic heterocycles. The third-order valence-electron chi connectivity index (χ3n) is 5.37. The Labute approximate surface area is 200 Å². The molecule has 35 heavy (non-hydrogen) atoms. The number of carbonyl (C=O) groups excluding carboxylic acids is 1. The summed E-state index contributed by atoms with van der Waals surface area (Å²) >= 11 is 0. The van der Waals surface area contributed by atoms with Crippen molar-refractivity contribution in [2.45, 2.75) is 6.18 Å². The van der Waals surface area contributed by atoms with Gasteiger partial charge >= 0.3 is 6.18 Å². The van der Waals surface area contributed by atoms with Crippen LogP contribution in [0.4, 0.5) is 24.8 Å². The molecule has 7 nitrogen and oxygen atoms in total. The fourth-order valence-corrected chi connectivity index (χ4v) is 3.48. The van der Waals surface area contributed by atoms with Crippen molar-refractivity contribution in [2.24, 2.45) is 0 Å². The lowest BCUT2D eigenvalue weighted by atomic mass is 10.2. The molecule has 1 amide bonds. The number of piperazine rings is 1. The van der Waals surface area contributed by atoms with E-state index in [-0.39, 0.29) is 5.69 Å². The van der Waals surface area contributed by atoms with E-state index in [2.05, 4.69) is 32.1 Å². The molecule has 0 saturated carbocycles. The van der Waals surface area contributed by atoms with E-state index in [0.717, 1.165) is 38.3 Å². The summed E-state index contributed by atoms with van der Waals surface area (Å²) in [5.74, 6) is 0.979. The van der Waals surface area contributed by atoms with Crippen LogP contribution in [0.2, 0.25) is 0 Å². The number of anilines is 2. The lowest BCUT2D eigenvalue weighted by Crippen LogP contribution is -2.45. The number of benzene rings is 2. The van der Waals surface area contributed by atoms with E-state index in [4.69, 9.17) is 4.74 Å². The molecule has 1 saturated heterocycles. The monoisotopic (exact) mass is 483 g/mol. The molecule has 1 aliphatic rings. The molecule has 2 heterocycles. The SMILES string of the molecule is CN1CCN(c2nccc(Oc3cccc(C=CC(=O)Nc4cccc(C(F)(F)F)c4)c3)n2)CC1. The van der Waals surface area contributed by atoms with E-state index in [9.17, 15) is 18.0 Å². The van der Waals surface area contributed by atoms with Crippen LogP contribution in [0.1, 0.15) is 11.1 Å². The number of hydrogen-bond acceptors (Lipinski definition) is 6. The van der Waals surface area contributed by atoms with Crippen molar-refractivity contribution in [3.8, 4) is 11.6 Å². The number of nitrogens with zero attached hydrogens (tertiary/aromatic N) is 4. The van der Waals surface area contributed by atoms with Gasteiger partial charge in [0.15, 0.2) is 0 Å². The maximum Gasteiger partial charge on any atom is 0.416 e. The predicted molar refractivity (Wildman–Crippen MR) is 127 cm³/mol. The molecular weight excluding hydrogens is 459 g/mol. The van der Waals surface area contributed by atoms with Gasteiger partial charge in [-0.2, -0.15) is 18.2 Å². The van der Waals surface area contributed by atoms with E-state index in [1.54, 1.807) is 42.6 Å². The first-order chi connectivity index (χ1) is 16.8. The highest BCUT2D eigenvalue weighted by atomic mass is 19.4. The average Bonchev–Trinajstić information content (AvgIpc) is 2.83. The minimum atomic E-state index is -4.48. The lowest BCUT2D eigenvalue weighted by molar-refractivity contribution is -0.137. The molecule has 10 heteroatoms. The van der Waals surface area contributed by atoms with Crippen molar-refractivity contribution in [3.63, 3.8) is 0 Å². The van der Waals surface area contributed by atoms with Gasteiger partial charge in [-0.15, -0.1) is 0 Å². The zero-order chi connectivity index (χ0) is 24.8. The molecule has 0 unspecified atom stereocenters. The van der Waals surface area contributed by atoms with Crippen LogP contribution in [0.15, 0.2) is 66.9 Å². The zero-order valence-electron chi connectivity index (χ0n) is 19.0. The number of alkyl halides is 3. The third kappa shape index (κ3) is 6.80. The van der Waals surface area contributed by atoms with Crippen LogP contribution >= 0.6 is 0 Å². The van der Waals surface area contributed by atoms with Crippen molar-refractivity contribution in [2.75, 3.05) is 43.4 Å². The first-order valence-corrected chi connectivity index (χ1v) is 11.0. The van der Waals surface area contributed by atoms with Crippen molar-refractivity contribution < 1.29 is 22.7 Å². The van der Waals surface area contributed by atoms with Gasteiger partial charge in [0.05, 0.1) is 5.56 Å². The van der Waals surface area contributed by atoms with E-state index in [1.165, 1.54) is 18.2 Å². The second kappa shape index (κ2) is 10.6. The number of nitrogens with one attached hydrogen (secondary N) is 1. The van der Waals surface area contributed by atoms with Crippen LogP contribution in [0.3, 0.4) is 0 Å². The van der Waals surface area contributed by atoms with Gasteiger partial charge in [0.25, 0.3) is 0 Å². The summed E-state index contributed by atoms with van der Waals surface area (Å²) in [6, 6.07) is 13.2. The zero-order valence-corrected chi connectivity index (χ0v) is 19.0. The van der Waals surface area contributed by atoms with Crippen LogP contribution in [0.5, 0.6) is 11.6 Å². The summed E-state index contributed by atoms with van der Waals surface area (Å²) in [7, 11) is 2.08. The molecular formula is C25H24F3N5O2. The van der Waals surface area contributed by atoms with E-state index >= 15 is 0 Å². The maximum atomic E-state index is 12.8. The van der Waals surface area contributed by atoms with Crippen molar-refractivity contribution in [1.29, 1.82) is 0 Å². The topological polar surface area (TPSA) is 70.6 Å². The number of amides is 1. The molecule has 0 aliphatic carbocycles. The quantitative estimate of drug-likeness (QED) is 0.513. The average molecular weight is 483 g/mol. The van der Waals surface area contributed by atoms with Gasteiger partial charge in [-0.05, 0) is 49.0 Å². The van der Waals surface area contributed by atoms with Gasteiger partial charge in [0, 0.05) is 50.2 Å². The normalized spacial score (nSPS) is 14.8. The van der Waals surface area contributed by atoms with Crippen LogP contribution in [-0.2, 0) is 11.0 Å². The summed E-state index contributed by atoms with van der Waals surface area (Å²) in [6.45, 7) is 3.54. The minimum Gasteiger partial charge on any atom is -0.439 e. The largest absolute Gasteiger partial charge is 0.439 e. The maximum absolute atomic E-state index is 12.8. The molecule has 0 radical (unpaired) electrons. The standard InChI is InChI=1S/C25H24F3N5O2/c1-32-12-14-33(15-13-32)24-29-11-10-23(31-24)35-21-7-2-4-18(16-21)8-9-22(34)30-20-6-3-5-19(17-20)25(26,27)28/h2-11,16-17H,12-15H2,1H3,(H,30,34). The second-order valence-corrected chi connectivity index (χ2v) is 8.06. The summed E-state index contributed by atoms with van der Waals surface area (Å²) in [6.07, 6.45) is -0.0369. The highest BCUT2D eigenvalue weighted by molar-refractivity contribution is 6.02. The van der Waals surface area contributed by atoms with Crippen LogP contribution in [0, 0.1) is 0 Å². The number of ether oxygens (including phenoxy) is 1. The number of halogens is 3. The number of rotatable bonds is 6. The van der Waals surface area contributed by atoms with Crippen LogP contribution in [-0.4, -0.2) is 54.0 Å². The van der Waals surface area contributed by atoms with Crippen molar-refractivity contribution in [1.82, 2.24) is 14.9 Å². The van der Waals surface area contributed by atoms with E-state index in [1.807, 2.05) is 0 Å². The number of aromatic nitrogens is 2. The van der Waals surface area contributed by atoms with Gasteiger partial charge in [0.1, 0.15) is 5.75 Å². The fraction of sp³-hybridized carbons (Fsp3) is 0.240. The Balaban J connectivity index is 1.39. The predicted octanol–water partition coefficient (Wildman–Crippen LogP) is 4.69. The smallest absolute Gasteiger partial charge is 0.416 e. The summed E-state index contributed by atoms with van der Waals surface area (Å²) in [4.78, 5) is 25.4. The first kappa shape index (κ1) is 24.2. The minimum absolute atomic E-state index is 0.0616. The number of hydrogen-bond donors (Lipinski definition) is 1. The molecule has 1 fully saturated rings. The Hall–Kier alpha value is -3.92. The van der Waals surface area contributed by atoms with Gasteiger partial charge in [-0.3, -0.25) is 4.79 Å². The number of likely N-dealkylation sites (N-methyl/N-ethyl adjacent to an activating group) is 1. The molecule has 0 bridgehead atoms. The molecule has 0 atom stereocenters. The summed E-state index contributed by atoms with van der Waals surface area (Å²) < 4.78 is 44.4.